The molecule has 0 radical (unpaired) electrons. The molecular weight excluding hydrogens is 374 g/mol. The number of carbonyl (C=O) groups excluding carboxylic acids is 2. The van der Waals surface area contributed by atoms with Gasteiger partial charge in [0.15, 0.2) is 0 Å². The lowest BCUT2D eigenvalue weighted by molar-refractivity contribution is -0.145. The number of esters is 1. The number of carbonyl (C=O) groups is 2. The van der Waals surface area contributed by atoms with Crippen LogP contribution in [-0.4, -0.2) is 25.0 Å². The van der Waals surface area contributed by atoms with E-state index in [2.05, 4.69) is 35.6 Å². The summed E-state index contributed by atoms with van der Waals surface area (Å²) in [4.78, 5) is 25.2. The fourth-order valence-corrected chi connectivity index (χ4v) is 3.89. The number of methoxy groups -OCH3 is 1. The Morgan fingerprint density at radius 3 is 2.00 bits per heavy atom. The Balaban J connectivity index is 1.68. The maximum atomic E-state index is 12.6. The molecule has 0 fully saturated rings. The Morgan fingerprint density at radius 1 is 0.833 bits per heavy atom. The third kappa shape index (κ3) is 4.18. The van der Waals surface area contributed by atoms with Crippen molar-refractivity contribution in [3.8, 4) is 0 Å². The molecule has 4 nitrogen and oxygen atoms in total. The minimum absolute atomic E-state index is 0.207. The average molecular weight is 397 g/mol. The molecule has 4 rings (SSSR count). The summed E-state index contributed by atoms with van der Waals surface area (Å²) in [6.07, 6.45) is 0.569. The van der Waals surface area contributed by atoms with Crippen LogP contribution in [0.5, 0.6) is 0 Å². The van der Waals surface area contributed by atoms with Crippen molar-refractivity contribution >= 4 is 33.4 Å². The summed E-state index contributed by atoms with van der Waals surface area (Å²) < 4.78 is 5.01. The van der Waals surface area contributed by atoms with Crippen LogP contribution in [0.4, 0.5) is 0 Å². The summed E-state index contributed by atoms with van der Waals surface area (Å²) in [5, 5.41) is 7.23. The van der Waals surface area contributed by atoms with Gasteiger partial charge in [0.1, 0.15) is 6.04 Å². The van der Waals surface area contributed by atoms with E-state index in [1.807, 2.05) is 54.6 Å². The molecule has 0 aromatic heterocycles. The van der Waals surface area contributed by atoms with Crippen LogP contribution in [0, 0.1) is 0 Å². The van der Waals surface area contributed by atoms with Crippen LogP contribution < -0.4 is 5.32 Å². The maximum absolute atomic E-state index is 12.6. The van der Waals surface area contributed by atoms with Crippen LogP contribution in [0.2, 0.25) is 0 Å². The van der Waals surface area contributed by atoms with Gasteiger partial charge in [0, 0.05) is 6.42 Å². The zero-order valence-electron chi connectivity index (χ0n) is 16.8. The van der Waals surface area contributed by atoms with E-state index < -0.39 is 12.0 Å². The molecule has 150 valence electrons. The van der Waals surface area contributed by atoms with E-state index >= 15 is 0 Å². The van der Waals surface area contributed by atoms with Crippen molar-refractivity contribution in [3.63, 3.8) is 0 Å². The van der Waals surface area contributed by atoms with Gasteiger partial charge in [-0.05, 0) is 38.7 Å². The van der Waals surface area contributed by atoms with Crippen LogP contribution in [-0.2, 0) is 27.2 Å². The first-order chi connectivity index (χ1) is 14.7. The highest BCUT2D eigenvalue weighted by Crippen LogP contribution is 2.29. The first-order valence-corrected chi connectivity index (χ1v) is 9.96. The highest BCUT2D eigenvalue weighted by atomic mass is 16.5. The number of ether oxygens (including phenoxy) is 1. The molecule has 1 amide bonds. The topological polar surface area (TPSA) is 55.4 Å². The van der Waals surface area contributed by atoms with Gasteiger partial charge in [-0.1, -0.05) is 78.9 Å². The lowest BCUT2D eigenvalue weighted by Crippen LogP contribution is -2.43. The smallest absolute Gasteiger partial charge is 0.328 e. The quantitative estimate of drug-likeness (QED) is 0.387. The monoisotopic (exact) mass is 397 g/mol. The van der Waals surface area contributed by atoms with E-state index in [9.17, 15) is 9.59 Å². The van der Waals surface area contributed by atoms with Gasteiger partial charge in [-0.15, -0.1) is 0 Å². The highest BCUT2D eigenvalue weighted by molar-refractivity contribution is 6.02. The first-order valence-electron chi connectivity index (χ1n) is 9.96. The minimum atomic E-state index is -0.763. The third-order valence-electron chi connectivity index (χ3n) is 5.32. The van der Waals surface area contributed by atoms with Crippen molar-refractivity contribution in [1.29, 1.82) is 0 Å². The minimum Gasteiger partial charge on any atom is -0.467 e. The van der Waals surface area contributed by atoms with Crippen molar-refractivity contribution in [1.82, 2.24) is 5.32 Å². The second kappa shape index (κ2) is 8.78. The molecule has 0 aliphatic heterocycles. The Morgan fingerprint density at radius 2 is 1.40 bits per heavy atom. The molecular formula is C26H23NO3. The summed E-state index contributed by atoms with van der Waals surface area (Å²) >= 11 is 0. The number of rotatable bonds is 6. The van der Waals surface area contributed by atoms with Crippen LogP contribution in [0.1, 0.15) is 11.1 Å². The molecule has 0 bridgehead atoms. The van der Waals surface area contributed by atoms with Gasteiger partial charge in [0.05, 0.1) is 13.5 Å². The summed E-state index contributed by atoms with van der Waals surface area (Å²) in [6.45, 7) is 0. The maximum Gasteiger partial charge on any atom is 0.328 e. The van der Waals surface area contributed by atoms with Crippen LogP contribution in [0.3, 0.4) is 0 Å². The molecule has 4 heteroatoms. The average Bonchev–Trinajstić information content (AvgIpc) is 2.78. The molecule has 0 aliphatic carbocycles. The number of hydrogen-bond donors (Lipinski definition) is 1. The molecule has 0 saturated heterocycles. The van der Waals surface area contributed by atoms with Crippen molar-refractivity contribution in [3.05, 3.63) is 96.1 Å². The second-order valence-corrected chi connectivity index (χ2v) is 7.31. The number of amides is 1. The number of benzene rings is 4. The summed E-state index contributed by atoms with van der Waals surface area (Å²) in [5.74, 6) is -0.658. The lowest BCUT2D eigenvalue weighted by atomic mass is 9.92. The summed E-state index contributed by atoms with van der Waals surface area (Å²) in [6, 6.07) is 27.1. The molecule has 30 heavy (non-hydrogen) atoms. The van der Waals surface area contributed by atoms with Gasteiger partial charge >= 0.3 is 5.97 Å². The predicted molar refractivity (Wildman–Crippen MR) is 119 cm³/mol. The zero-order chi connectivity index (χ0) is 20.9. The largest absolute Gasteiger partial charge is 0.467 e. The van der Waals surface area contributed by atoms with Crippen LogP contribution in [0.15, 0.2) is 84.9 Å². The SMILES string of the molecule is COC(=O)[C@H](Cc1c2ccccc2cc2ccccc12)NC(=O)Cc1ccccc1. The standard InChI is InChI=1S/C26H23NO3/c1-30-26(29)24(27-25(28)15-18-9-3-2-4-10-18)17-23-21-13-7-5-11-19(21)16-20-12-6-8-14-22(20)23/h2-14,16,24H,15,17H2,1H3,(H,27,28)/t24-/m0/s1. The molecule has 0 unspecified atom stereocenters. The Kier molecular flexibility index (Phi) is 5.75. The van der Waals surface area contributed by atoms with E-state index in [1.54, 1.807) is 0 Å². The molecule has 4 aromatic carbocycles. The van der Waals surface area contributed by atoms with Crippen molar-refractivity contribution in [2.24, 2.45) is 0 Å². The van der Waals surface area contributed by atoms with Crippen LogP contribution in [0.25, 0.3) is 21.5 Å². The van der Waals surface area contributed by atoms with Crippen molar-refractivity contribution in [2.45, 2.75) is 18.9 Å². The molecule has 0 saturated carbocycles. The van der Waals surface area contributed by atoms with Gasteiger partial charge in [-0.25, -0.2) is 4.79 Å². The Bertz CT molecular complexity index is 1150. The van der Waals surface area contributed by atoms with Gasteiger partial charge in [0.25, 0.3) is 0 Å². The van der Waals surface area contributed by atoms with Crippen molar-refractivity contribution < 1.29 is 14.3 Å². The molecule has 1 N–H and O–H groups in total. The number of hydrogen-bond acceptors (Lipinski definition) is 3. The molecule has 1 atom stereocenters. The molecule has 0 spiro atoms. The van der Waals surface area contributed by atoms with E-state index in [4.69, 9.17) is 4.74 Å². The zero-order valence-corrected chi connectivity index (χ0v) is 16.8. The van der Waals surface area contributed by atoms with E-state index in [0.717, 1.165) is 32.7 Å². The van der Waals surface area contributed by atoms with E-state index in [0.29, 0.717) is 6.42 Å². The fourth-order valence-electron chi connectivity index (χ4n) is 3.89. The molecule has 0 aliphatic rings. The lowest BCUT2D eigenvalue weighted by Gasteiger charge is -2.19. The van der Waals surface area contributed by atoms with Gasteiger partial charge in [-0.3, -0.25) is 4.79 Å². The second-order valence-electron chi connectivity index (χ2n) is 7.31. The fraction of sp³-hybridized carbons (Fsp3) is 0.154. The number of fused-ring (bicyclic) bond motifs is 2. The van der Waals surface area contributed by atoms with Gasteiger partial charge in [0.2, 0.25) is 5.91 Å². The van der Waals surface area contributed by atoms with E-state index in [1.165, 1.54) is 7.11 Å². The summed E-state index contributed by atoms with van der Waals surface area (Å²) in [7, 11) is 1.35. The molecule has 0 heterocycles. The first kappa shape index (κ1) is 19.6. The summed E-state index contributed by atoms with van der Waals surface area (Å²) in [5.41, 5.74) is 1.92. The van der Waals surface area contributed by atoms with Gasteiger partial charge in [-0.2, -0.15) is 0 Å². The third-order valence-corrected chi connectivity index (χ3v) is 5.32. The number of nitrogens with one attached hydrogen (secondary N) is 1. The Hall–Kier alpha value is -3.66. The van der Waals surface area contributed by atoms with Crippen molar-refractivity contribution in [2.75, 3.05) is 7.11 Å². The normalized spacial score (nSPS) is 11.9. The van der Waals surface area contributed by atoms with Gasteiger partial charge < -0.3 is 10.1 Å². The van der Waals surface area contributed by atoms with E-state index in [-0.39, 0.29) is 12.3 Å². The Labute approximate surface area is 175 Å². The molecule has 4 aromatic rings. The van der Waals surface area contributed by atoms with Crippen LogP contribution >= 0.6 is 0 Å². The predicted octanol–water partition coefficient (Wildman–Crippen LogP) is 4.44. The highest BCUT2D eigenvalue weighted by Gasteiger charge is 2.24.